The Labute approximate surface area is 155 Å². The first kappa shape index (κ1) is 22.9. The predicted molar refractivity (Wildman–Crippen MR) is 105 cm³/mol. The molecule has 0 saturated carbocycles. The van der Waals surface area contributed by atoms with Crippen LogP contribution < -0.4 is 0 Å². The molecule has 136 valence electrons. The quantitative estimate of drug-likeness (QED) is 0.217. The molecule has 0 amide bonds. The van der Waals surface area contributed by atoms with E-state index in [1.807, 2.05) is 30.4 Å². The number of hydrogen-bond donors (Lipinski definition) is 2. The predicted octanol–water partition coefficient (Wildman–Crippen LogP) is 5.91. The second-order valence-electron chi connectivity index (χ2n) is 5.73. The molecular formula is C20H31BrO3. The van der Waals surface area contributed by atoms with E-state index in [2.05, 4.69) is 28.9 Å². The van der Waals surface area contributed by atoms with Gasteiger partial charge in [0.25, 0.3) is 0 Å². The second kappa shape index (κ2) is 16.7. The molecule has 4 heteroatoms. The summed E-state index contributed by atoms with van der Waals surface area (Å²) in [5, 5.41) is 18.4. The molecule has 0 rings (SSSR count). The molecule has 0 spiro atoms. The minimum atomic E-state index is -0.746. The van der Waals surface area contributed by atoms with Crippen LogP contribution in [0, 0.1) is 0 Å². The van der Waals surface area contributed by atoms with Crippen LogP contribution in [0.1, 0.15) is 64.7 Å². The van der Waals surface area contributed by atoms with Crippen molar-refractivity contribution in [1.29, 1.82) is 0 Å². The van der Waals surface area contributed by atoms with Gasteiger partial charge >= 0.3 is 5.97 Å². The Morgan fingerprint density at radius 2 is 1.79 bits per heavy atom. The number of aliphatic hydroxyl groups is 1. The van der Waals surface area contributed by atoms with Gasteiger partial charge in [-0.1, -0.05) is 78.2 Å². The Morgan fingerprint density at radius 3 is 2.50 bits per heavy atom. The molecule has 0 aliphatic heterocycles. The third-order valence-electron chi connectivity index (χ3n) is 3.37. The molecular weight excluding hydrogens is 368 g/mol. The van der Waals surface area contributed by atoms with Crippen LogP contribution in [0.4, 0.5) is 0 Å². The first-order valence-electron chi connectivity index (χ1n) is 8.79. The summed E-state index contributed by atoms with van der Waals surface area (Å²) in [6, 6.07) is 0. The highest BCUT2D eigenvalue weighted by Gasteiger charge is 1.95. The van der Waals surface area contributed by atoms with Gasteiger partial charge in [0.1, 0.15) is 0 Å². The Hall–Kier alpha value is -1.13. The lowest BCUT2D eigenvalue weighted by atomic mass is 10.1. The van der Waals surface area contributed by atoms with Gasteiger partial charge in [0.15, 0.2) is 0 Å². The standard InChI is InChI=1S/C20H31BrO3/c1-2-3-4-5-6-10-15-19(22)16-12-14-18(21)13-9-7-8-11-17-20(23)24/h6-7,9-10,12,14,16,19,22H,2-5,8,11,13,15,17H2,1H3,(H,23,24). The van der Waals surface area contributed by atoms with Gasteiger partial charge in [0, 0.05) is 6.42 Å². The summed E-state index contributed by atoms with van der Waals surface area (Å²) in [4.78, 5) is 10.4. The van der Waals surface area contributed by atoms with Crippen LogP contribution in [0.3, 0.4) is 0 Å². The van der Waals surface area contributed by atoms with Gasteiger partial charge in [0.2, 0.25) is 0 Å². The van der Waals surface area contributed by atoms with Crippen LogP contribution >= 0.6 is 15.9 Å². The zero-order valence-corrected chi connectivity index (χ0v) is 16.2. The van der Waals surface area contributed by atoms with Crippen LogP contribution in [-0.2, 0) is 4.79 Å². The van der Waals surface area contributed by atoms with Crippen LogP contribution in [0.15, 0.2) is 47.0 Å². The van der Waals surface area contributed by atoms with E-state index in [1.165, 1.54) is 19.3 Å². The fourth-order valence-corrected chi connectivity index (χ4v) is 2.32. The van der Waals surface area contributed by atoms with E-state index in [9.17, 15) is 9.90 Å². The number of allylic oxidation sites excluding steroid dienone is 6. The SMILES string of the molecule is CCCCCC=CCC(O)C=CC=C(Br)CC=CCCCC(=O)O. The van der Waals surface area contributed by atoms with E-state index in [0.29, 0.717) is 12.8 Å². The Balaban J connectivity index is 3.85. The van der Waals surface area contributed by atoms with Crippen molar-refractivity contribution in [2.45, 2.75) is 70.8 Å². The van der Waals surface area contributed by atoms with Gasteiger partial charge < -0.3 is 10.2 Å². The first-order chi connectivity index (χ1) is 11.6. The monoisotopic (exact) mass is 398 g/mol. The van der Waals surface area contributed by atoms with Gasteiger partial charge in [-0.3, -0.25) is 4.79 Å². The number of aliphatic hydroxyl groups excluding tert-OH is 1. The number of carboxylic acids is 1. The van der Waals surface area contributed by atoms with Gasteiger partial charge in [-0.05, 0) is 43.0 Å². The van der Waals surface area contributed by atoms with Crippen LogP contribution in [0.5, 0.6) is 0 Å². The maximum atomic E-state index is 10.4. The summed E-state index contributed by atoms with van der Waals surface area (Å²) in [5.41, 5.74) is 0. The molecule has 0 bridgehead atoms. The van der Waals surface area contributed by atoms with E-state index in [0.717, 1.165) is 23.7 Å². The Bertz CT molecular complexity index is 436. The van der Waals surface area contributed by atoms with E-state index in [-0.39, 0.29) is 6.42 Å². The van der Waals surface area contributed by atoms with E-state index < -0.39 is 12.1 Å². The van der Waals surface area contributed by atoms with Gasteiger partial charge in [-0.2, -0.15) is 0 Å². The van der Waals surface area contributed by atoms with Crippen LogP contribution in [0.25, 0.3) is 0 Å². The molecule has 0 aromatic rings. The highest BCUT2D eigenvalue weighted by molar-refractivity contribution is 9.11. The number of hydrogen-bond acceptors (Lipinski definition) is 2. The molecule has 0 aliphatic carbocycles. The number of rotatable bonds is 14. The lowest BCUT2D eigenvalue weighted by Gasteiger charge is -2.00. The molecule has 0 aliphatic rings. The van der Waals surface area contributed by atoms with E-state index in [1.54, 1.807) is 6.08 Å². The molecule has 2 N–H and O–H groups in total. The highest BCUT2D eigenvalue weighted by Crippen LogP contribution is 2.12. The summed E-state index contributed by atoms with van der Waals surface area (Å²) < 4.78 is 1.02. The topological polar surface area (TPSA) is 57.5 Å². The van der Waals surface area contributed by atoms with Crippen molar-refractivity contribution in [1.82, 2.24) is 0 Å². The second-order valence-corrected chi connectivity index (χ2v) is 6.75. The fourth-order valence-electron chi connectivity index (χ4n) is 1.99. The maximum absolute atomic E-state index is 10.4. The summed E-state index contributed by atoms with van der Waals surface area (Å²) in [6.45, 7) is 2.19. The summed E-state index contributed by atoms with van der Waals surface area (Å²) in [6.07, 6.45) is 21.2. The van der Waals surface area contributed by atoms with Crippen molar-refractivity contribution in [2.75, 3.05) is 0 Å². The van der Waals surface area contributed by atoms with Crippen molar-refractivity contribution >= 4 is 21.9 Å². The molecule has 0 saturated heterocycles. The largest absolute Gasteiger partial charge is 0.481 e. The number of aliphatic carboxylic acids is 1. The number of halogens is 1. The lowest BCUT2D eigenvalue weighted by molar-refractivity contribution is -0.137. The lowest BCUT2D eigenvalue weighted by Crippen LogP contribution is -1.98. The van der Waals surface area contributed by atoms with Gasteiger partial charge in [0.05, 0.1) is 6.10 Å². The van der Waals surface area contributed by atoms with Crippen molar-refractivity contribution in [3.05, 3.63) is 47.0 Å². The smallest absolute Gasteiger partial charge is 0.303 e. The first-order valence-corrected chi connectivity index (χ1v) is 9.58. The van der Waals surface area contributed by atoms with Crippen molar-refractivity contribution in [3.63, 3.8) is 0 Å². The average molecular weight is 399 g/mol. The van der Waals surface area contributed by atoms with Crippen LogP contribution in [-0.4, -0.2) is 22.3 Å². The van der Waals surface area contributed by atoms with Crippen LogP contribution in [0.2, 0.25) is 0 Å². The number of unbranched alkanes of at least 4 members (excludes halogenated alkanes) is 4. The Kier molecular flexibility index (Phi) is 15.9. The molecule has 24 heavy (non-hydrogen) atoms. The van der Waals surface area contributed by atoms with Crippen molar-refractivity contribution in [2.24, 2.45) is 0 Å². The third kappa shape index (κ3) is 17.2. The number of carbonyl (C=O) groups is 1. The molecule has 0 heterocycles. The molecule has 0 aromatic heterocycles. The summed E-state index contributed by atoms with van der Waals surface area (Å²) >= 11 is 3.48. The maximum Gasteiger partial charge on any atom is 0.303 e. The molecule has 1 atom stereocenters. The normalized spacial score (nSPS) is 14.2. The van der Waals surface area contributed by atoms with Crippen molar-refractivity contribution in [3.8, 4) is 0 Å². The summed E-state index contributed by atoms with van der Waals surface area (Å²) in [7, 11) is 0. The van der Waals surface area contributed by atoms with Gasteiger partial charge in [-0.15, -0.1) is 0 Å². The van der Waals surface area contributed by atoms with E-state index >= 15 is 0 Å². The molecule has 1 unspecified atom stereocenters. The average Bonchev–Trinajstić information content (AvgIpc) is 2.53. The summed E-state index contributed by atoms with van der Waals surface area (Å²) in [5.74, 6) is -0.746. The highest BCUT2D eigenvalue weighted by atomic mass is 79.9. The van der Waals surface area contributed by atoms with Gasteiger partial charge in [-0.25, -0.2) is 0 Å². The molecule has 0 radical (unpaired) electrons. The molecule has 0 fully saturated rings. The van der Waals surface area contributed by atoms with E-state index in [4.69, 9.17) is 5.11 Å². The zero-order chi connectivity index (χ0) is 18.0. The fraction of sp³-hybridized carbons (Fsp3) is 0.550. The third-order valence-corrected chi connectivity index (χ3v) is 3.96. The minimum absolute atomic E-state index is 0.217. The number of carboxylic acid groups (broad SMARTS) is 1. The molecule has 0 aromatic carbocycles. The minimum Gasteiger partial charge on any atom is -0.481 e. The zero-order valence-electron chi connectivity index (χ0n) is 14.7. The van der Waals surface area contributed by atoms with Crippen molar-refractivity contribution < 1.29 is 15.0 Å². The molecule has 3 nitrogen and oxygen atoms in total. The Morgan fingerprint density at radius 1 is 1.08 bits per heavy atom.